The van der Waals surface area contributed by atoms with Crippen LogP contribution >= 0.6 is 0 Å². The van der Waals surface area contributed by atoms with Crippen molar-refractivity contribution in [3.05, 3.63) is 30.1 Å². The summed E-state index contributed by atoms with van der Waals surface area (Å²) in [5.41, 5.74) is 2.83. The van der Waals surface area contributed by atoms with E-state index in [9.17, 15) is 14.4 Å². The van der Waals surface area contributed by atoms with Gasteiger partial charge in [-0.25, -0.2) is 5.01 Å². The molecule has 0 bridgehead atoms. The van der Waals surface area contributed by atoms with E-state index >= 15 is 0 Å². The topological polar surface area (TPSA) is 88.6 Å². The van der Waals surface area contributed by atoms with Gasteiger partial charge in [0.1, 0.15) is 0 Å². The molecule has 1 saturated heterocycles. The van der Waals surface area contributed by atoms with E-state index in [1.54, 1.807) is 0 Å². The molecular formula is C12H13N3O4. The van der Waals surface area contributed by atoms with Crippen LogP contribution in [0.15, 0.2) is 24.5 Å². The molecule has 1 atom stereocenters. The molecule has 0 saturated carbocycles. The van der Waals surface area contributed by atoms with Gasteiger partial charge in [0.15, 0.2) is 0 Å². The zero-order chi connectivity index (χ0) is 13.8. The van der Waals surface area contributed by atoms with Crippen molar-refractivity contribution in [1.29, 1.82) is 0 Å². The molecule has 0 spiro atoms. The van der Waals surface area contributed by atoms with Crippen LogP contribution in [0.4, 0.5) is 0 Å². The average molecular weight is 263 g/mol. The average Bonchev–Trinajstić information content (AvgIpc) is 2.45. The van der Waals surface area contributed by atoms with E-state index in [4.69, 9.17) is 0 Å². The molecule has 7 heteroatoms. The van der Waals surface area contributed by atoms with Crippen LogP contribution in [0.25, 0.3) is 0 Å². The van der Waals surface area contributed by atoms with Crippen molar-refractivity contribution >= 4 is 17.8 Å². The Hall–Kier alpha value is -2.44. The number of hydrazine groups is 1. The number of aromatic nitrogens is 1. The summed E-state index contributed by atoms with van der Waals surface area (Å²) in [6.45, 7) is 0.0968. The minimum atomic E-state index is -0.635. The molecule has 1 aromatic rings. The van der Waals surface area contributed by atoms with Crippen LogP contribution in [-0.2, 0) is 14.3 Å². The Labute approximate surface area is 109 Å². The molecule has 1 N–H and O–H groups in total. The lowest BCUT2D eigenvalue weighted by atomic mass is 10.0. The van der Waals surface area contributed by atoms with Gasteiger partial charge in [0.2, 0.25) is 5.91 Å². The van der Waals surface area contributed by atoms with Crippen LogP contribution in [0, 0.1) is 5.92 Å². The Morgan fingerprint density at radius 1 is 1.42 bits per heavy atom. The first kappa shape index (κ1) is 13.0. The van der Waals surface area contributed by atoms with Gasteiger partial charge < -0.3 is 4.74 Å². The summed E-state index contributed by atoms with van der Waals surface area (Å²) in [5.74, 6) is -1.90. The SMILES string of the molecule is COC(=O)C1CC(=O)NN(C(=O)c2ccncc2)C1. The number of nitrogens with zero attached hydrogens (tertiary/aromatic N) is 2. The lowest BCUT2D eigenvalue weighted by molar-refractivity contribution is -0.151. The number of carbonyl (C=O) groups excluding carboxylic acids is 3. The fourth-order valence-electron chi connectivity index (χ4n) is 1.86. The second-order valence-electron chi connectivity index (χ2n) is 4.11. The minimum Gasteiger partial charge on any atom is -0.469 e. The van der Waals surface area contributed by atoms with Crippen molar-refractivity contribution in [1.82, 2.24) is 15.4 Å². The molecule has 0 aliphatic carbocycles. The van der Waals surface area contributed by atoms with Gasteiger partial charge in [-0.3, -0.25) is 24.8 Å². The number of ether oxygens (including phenoxy) is 1. The van der Waals surface area contributed by atoms with Crippen molar-refractivity contribution in [3.8, 4) is 0 Å². The lowest BCUT2D eigenvalue weighted by Crippen LogP contribution is -2.54. The number of esters is 1. The zero-order valence-corrected chi connectivity index (χ0v) is 10.3. The third kappa shape index (κ3) is 2.87. The van der Waals surface area contributed by atoms with Gasteiger partial charge in [-0.2, -0.15) is 0 Å². The second kappa shape index (κ2) is 5.47. The number of rotatable bonds is 2. The fourth-order valence-corrected chi connectivity index (χ4v) is 1.86. The first-order valence-corrected chi connectivity index (χ1v) is 5.71. The van der Waals surface area contributed by atoms with Crippen LogP contribution in [0.3, 0.4) is 0 Å². The highest BCUT2D eigenvalue weighted by atomic mass is 16.5. The van der Waals surface area contributed by atoms with Crippen molar-refractivity contribution in [2.75, 3.05) is 13.7 Å². The van der Waals surface area contributed by atoms with E-state index < -0.39 is 11.9 Å². The number of carbonyl (C=O) groups is 3. The van der Waals surface area contributed by atoms with E-state index in [0.29, 0.717) is 5.56 Å². The summed E-state index contributed by atoms with van der Waals surface area (Å²) in [6.07, 6.45) is 2.99. The quantitative estimate of drug-likeness (QED) is 0.743. The summed E-state index contributed by atoms with van der Waals surface area (Å²) in [6, 6.07) is 3.08. The summed E-state index contributed by atoms with van der Waals surface area (Å²) in [7, 11) is 1.25. The third-order valence-corrected chi connectivity index (χ3v) is 2.80. The maximum Gasteiger partial charge on any atom is 0.311 e. The smallest absolute Gasteiger partial charge is 0.311 e. The molecule has 0 aromatic carbocycles. The third-order valence-electron chi connectivity index (χ3n) is 2.80. The maximum absolute atomic E-state index is 12.1. The molecule has 1 aliphatic heterocycles. The summed E-state index contributed by atoms with van der Waals surface area (Å²) >= 11 is 0. The molecule has 19 heavy (non-hydrogen) atoms. The van der Waals surface area contributed by atoms with Gasteiger partial charge in [0.25, 0.3) is 5.91 Å². The number of amides is 2. The monoisotopic (exact) mass is 263 g/mol. The van der Waals surface area contributed by atoms with Crippen LogP contribution in [0.2, 0.25) is 0 Å². The molecule has 1 aromatic heterocycles. The normalized spacial score (nSPS) is 18.7. The van der Waals surface area contributed by atoms with Gasteiger partial charge in [0.05, 0.1) is 19.6 Å². The molecule has 0 radical (unpaired) electrons. The van der Waals surface area contributed by atoms with Crippen molar-refractivity contribution in [2.24, 2.45) is 5.92 Å². The van der Waals surface area contributed by atoms with Gasteiger partial charge in [-0.05, 0) is 12.1 Å². The van der Waals surface area contributed by atoms with E-state index in [1.807, 2.05) is 0 Å². The molecule has 1 fully saturated rings. The van der Waals surface area contributed by atoms with Crippen LogP contribution in [0.5, 0.6) is 0 Å². The van der Waals surface area contributed by atoms with Crippen LogP contribution in [-0.4, -0.2) is 41.4 Å². The van der Waals surface area contributed by atoms with E-state index in [-0.39, 0.29) is 24.8 Å². The molecule has 1 unspecified atom stereocenters. The number of hydrogen-bond donors (Lipinski definition) is 1. The number of pyridine rings is 1. The largest absolute Gasteiger partial charge is 0.469 e. The second-order valence-corrected chi connectivity index (χ2v) is 4.11. The Kier molecular flexibility index (Phi) is 3.74. The summed E-state index contributed by atoms with van der Waals surface area (Å²) < 4.78 is 4.60. The molecule has 1 aliphatic rings. The molecule has 2 heterocycles. The summed E-state index contributed by atoms with van der Waals surface area (Å²) in [5, 5.41) is 1.13. The fraction of sp³-hybridized carbons (Fsp3) is 0.333. The number of methoxy groups -OCH3 is 1. The van der Waals surface area contributed by atoms with E-state index in [1.165, 1.54) is 31.6 Å². The molecule has 2 amide bonds. The summed E-state index contributed by atoms with van der Waals surface area (Å²) in [4.78, 5) is 38.9. The highest BCUT2D eigenvalue weighted by molar-refractivity contribution is 5.96. The molecule has 7 nitrogen and oxygen atoms in total. The van der Waals surface area contributed by atoms with E-state index in [2.05, 4.69) is 15.1 Å². The number of nitrogens with one attached hydrogen (secondary N) is 1. The Morgan fingerprint density at radius 3 is 2.74 bits per heavy atom. The van der Waals surface area contributed by atoms with Crippen LogP contribution in [0.1, 0.15) is 16.8 Å². The zero-order valence-electron chi connectivity index (χ0n) is 10.3. The standard InChI is InChI=1S/C12H13N3O4/c1-19-12(18)9-6-10(16)14-15(7-9)11(17)8-2-4-13-5-3-8/h2-5,9H,6-7H2,1H3,(H,14,16). The Bertz CT molecular complexity index is 503. The van der Waals surface area contributed by atoms with E-state index in [0.717, 1.165) is 5.01 Å². The van der Waals surface area contributed by atoms with Crippen LogP contribution < -0.4 is 5.43 Å². The predicted octanol–water partition coefficient (Wildman–Crippen LogP) is -0.252. The van der Waals surface area contributed by atoms with Gasteiger partial charge in [-0.15, -0.1) is 0 Å². The Morgan fingerprint density at radius 2 is 2.11 bits per heavy atom. The number of hydrogen-bond acceptors (Lipinski definition) is 5. The van der Waals surface area contributed by atoms with Crippen molar-refractivity contribution < 1.29 is 19.1 Å². The van der Waals surface area contributed by atoms with Crippen molar-refractivity contribution in [2.45, 2.75) is 6.42 Å². The molecule has 2 rings (SSSR count). The van der Waals surface area contributed by atoms with Gasteiger partial charge in [-0.1, -0.05) is 0 Å². The first-order valence-electron chi connectivity index (χ1n) is 5.71. The van der Waals surface area contributed by atoms with Crippen molar-refractivity contribution in [3.63, 3.8) is 0 Å². The predicted molar refractivity (Wildman–Crippen MR) is 63.5 cm³/mol. The Balaban J connectivity index is 2.14. The van der Waals surface area contributed by atoms with Gasteiger partial charge >= 0.3 is 5.97 Å². The molecule has 100 valence electrons. The first-order chi connectivity index (χ1) is 9.11. The lowest BCUT2D eigenvalue weighted by Gasteiger charge is -2.31. The van der Waals surface area contributed by atoms with Gasteiger partial charge in [0, 0.05) is 24.4 Å². The highest BCUT2D eigenvalue weighted by Gasteiger charge is 2.33. The maximum atomic E-state index is 12.1. The minimum absolute atomic E-state index is 0.0206. The highest BCUT2D eigenvalue weighted by Crippen LogP contribution is 2.14. The molecular weight excluding hydrogens is 250 g/mol.